The largest absolute Gasteiger partial charge is 0.444 e. The lowest BCUT2D eigenvalue weighted by Gasteiger charge is -2.42. The van der Waals surface area contributed by atoms with Gasteiger partial charge in [0.2, 0.25) is 0 Å². The molecule has 1 amide bonds. The fourth-order valence-electron chi connectivity index (χ4n) is 4.91. The zero-order valence-electron chi connectivity index (χ0n) is 18.1. The molecule has 2 fully saturated rings. The molecule has 0 bridgehead atoms. The lowest BCUT2D eigenvalue weighted by atomic mass is 9.69. The van der Waals surface area contributed by atoms with Gasteiger partial charge in [-0.15, -0.1) is 0 Å². The molecule has 0 aromatic heterocycles. The Bertz CT molecular complexity index is 686. The highest BCUT2D eigenvalue weighted by atomic mass is 79.9. The first-order chi connectivity index (χ1) is 13.7. The number of likely N-dealkylation sites (tertiary alicyclic amines) is 1. The average molecular weight is 466 g/mol. The molecule has 0 radical (unpaired) electrons. The average Bonchev–Trinajstić information content (AvgIpc) is 2.65. The highest BCUT2D eigenvalue weighted by molar-refractivity contribution is 9.10. The first-order valence-corrected chi connectivity index (χ1v) is 11.9. The number of nitrogens with zero attached hydrogens (tertiary/aromatic N) is 1. The van der Waals surface area contributed by atoms with E-state index in [4.69, 9.17) is 4.74 Å². The second-order valence-corrected chi connectivity index (χ2v) is 10.8. The van der Waals surface area contributed by atoms with Crippen LogP contribution in [-0.2, 0) is 4.74 Å². The fraction of sp³-hybridized carbons (Fsp3) is 0.708. The van der Waals surface area contributed by atoms with Crippen molar-refractivity contribution in [3.63, 3.8) is 0 Å². The Labute approximate surface area is 184 Å². The Balaban J connectivity index is 1.67. The Morgan fingerprint density at radius 2 is 1.90 bits per heavy atom. The van der Waals surface area contributed by atoms with Crippen molar-refractivity contribution in [2.45, 2.75) is 89.3 Å². The van der Waals surface area contributed by atoms with Crippen molar-refractivity contribution in [1.29, 1.82) is 0 Å². The van der Waals surface area contributed by atoms with Crippen LogP contribution in [0.15, 0.2) is 28.7 Å². The van der Waals surface area contributed by atoms with E-state index in [0.29, 0.717) is 5.92 Å². The molecule has 1 unspecified atom stereocenters. The molecule has 1 saturated heterocycles. The summed E-state index contributed by atoms with van der Waals surface area (Å²) in [6.07, 6.45) is 7.94. The van der Waals surface area contributed by atoms with Crippen molar-refractivity contribution in [2.24, 2.45) is 5.92 Å². The second-order valence-electron chi connectivity index (χ2n) is 9.92. The van der Waals surface area contributed by atoms with Crippen LogP contribution in [0.3, 0.4) is 0 Å². The minimum atomic E-state index is -0.610. The molecular formula is C24H36BrNO3. The van der Waals surface area contributed by atoms with Crippen LogP contribution >= 0.6 is 15.9 Å². The van der Waals surface area contributed by atoms with Gasteiger partial charge in [0.15, 0.2) is 0 Å². The SMILES string of the molecule is CC(C)(C)OC(=O)N1CCC(CC(c2cccc(Br)c2)C2(O)CCCCC2)CC1. The summed E-state index contributed by atoms with van der Waals surface area (Å²) in [7, 11) is 0. The zero-order valence-corrected chi connectivity index (χ0v) is 19.7. The number of rotatable bonds is 4. The van der Waals surface area contributed by atoms with Gasteiger partial charge in [-0.05, 0) is 76.5 Å². The van der Waals surface area contributed by atoms with Crippen LogP contribution in [0.2, 0.25) is 0 Å². The molecule has 1 N–H and O–H groups in total. The van der Waals surface area contributed by atoms with Gasteiger partial charge in [-0.2, -0.15) is 0 Å². The number of piperidine rings is 1. The molecule has 1 atom stereocenters. The van der Waals surface area contributed by atoms with E-state index in [1.165, 1.54) is 12.0 Å². The molecule has 3 rings (SSSR count). The number of carbonyl (C=O) groups excluding carboxylic acids is 1. The van der Waals surface area contributed by atoms with E-state index >= 15 is 0 Å². The van der Waals surface area contributed by atoms with Crippen molar-refractivity contribution < 1.29 is 14.6 Å². The van der Waals surface area contributed by atoms with Crippen LogP contribution in [0.4, 0.5) is 4.79 Å². The van der Waals surface area contributed by atoms with Gasteiger partial charge in [0.1, 0.15) is 5.60 Å². The third-order valence-electron chi connectivity index (χ3n) is 6.45. The zero-order chi connectivity index (χ0) is 21.1. The van der Waals surface area contributed by atoms with Gasteiger partial charge >= 0.3 is 6.09 Å². The Kier molecular flexibility index (Phi) is 7.32. The maximum Gasteiger partial charge on any atom is 0.410 e. The predicted molar refractivity (Wildman–Crippen MR) is 120 cm³/mol. The van der Waals surface area contributed by atoms with Crippen molar-refractivity contribution >= 4 is 22.0 Å². The van der Waals surface area contributed by atoms with Crippen LogP contribution in [-0.4, -0.2) is 40.4 Å². The summed E-state index contributed by atoms with van der Waals surface area (Å²) >= 11 is 3.61. The molecule has 5 heteroatoms. The van der Waals surface area contributed by atoms with E-state index in [9.17, 15) is 9.90 Å². The first-order valence-electron chi connectivity index (χ1n) is 11.1. The molecule has 1 aliphatic heterocycles. The van der Waals surface area contributed by atoms with Gasteiger partial charge in [-0.3, -0.25) is 0 Å². The van der Waals surface area contributed by atoms with Gasteiger partial charge in [0.25, 0.3) is 0 Å². The van der Waals surface area contributed by atoms with Gasteiger partial charge in [-0.1, -0.05) is 47.3 Å². The summed E-state index contributed by atoms with van der Waals surface area (Å²) in [6, 6.07) is 8.46. The monoisotopic (exact) mass is 465 g/mol. The standard InChI is InChI=1S/C24H36BrNO3/c1-23(2,3)29-22(27)26-14-10-18(11-15-26)16-21(19-8-7-9-20(25)17-19)24(28)12-5-4-6-13-24/h7-9,17-18,21,28H,4-6,10-16H2,1-3H3. The van der Waals surface area contributed by atoms with E-state index in [1.807, 2.05) is 31.7 Å². The maximum atomic E-state index is 12.4. The normalized spacial score (nSPS) is 21.6. The van der Waals surface area contributed by atoms with Crippen molar-refractivity contribution in [3.8, 4) is 0 Å². The van der Waals surface area contributed by atoms with Crippen LogP contribution in [0.1, 0.15) is 83.6 Å². The third kappa shape index (κ3) is 6.21. The summed E-state index contributed by atoms with van der Waals surface area (Å²) in [5, 5.41) is 11.6. The first kappa shape index (κ1) is 22.6. The molecule has 1 aromatic rings. The molecular weight excluding hydrogens is 430 g/mol. The van der Waals surface area contributed by atoms with E-state index in [2.05, 4.69) is 34.1 Å². The Morgan fingerprint density at radius 1 is 1.24 bits per heavy atom. The Hall–Kier alpha value is -1.07. The second kappa shape index (κ2) is 9.38. The highest BCUT2D eigenvalue weighted by Crippen LogP contribution is 2.45. The quantitative estimate of drug-likeness (QED) is 0.570. The number of carbonyl (C=O) groups is 1. The lowest BCUT2D eigenvalue weighted by Crippen LogP contribution is -2.43. The minimum absolute atomic E-state index is 0.151. The summed E-state index contributed by atoms with van der Waals surface area (Å²) in [5.41, 5.74) is 0.170. The van der Waals surface area contributed by atoms with E-state index in [1.54, 1.807) is 0 Å². The third-order valence-corrected chi connectivity index (χ3v) is 6.95. The maximum absolute atomic E-state index is 12.4. The van der Waals surface area contributed by atoms with Crippen LogP contribution in [0.5, 0.6) is 0 Å². The van der Waals surface area contributed by atoms with Crippen LogP contribution in [0.25, 0.3) is 0 Å². The summed E-state index contributed by atoms with van der Waals surface area (Å²) in [6.45, 7) is 7.20. The predicted octanol–water partition coefficient (Wildman–Crippen LogP) is 6.27. The van der Waals surface area contributed by atoms with Gasteiger partial charge in [-0.25, -0.2) is 4.79 Å². The van der Waals surface area contributed by atoms with Crippen LogP contribution < -0.4 is 0 Å². The highest BCUT2D eigenvalue weighted by Gasteiger charge is 2.40. The number of halogens is 1. The summed E-state index contributed by atoms with van der Waals surface area (Å²) in [4.78, 5) is 14.2. The Morgan fingerprint density at radius 3 is 2.48 bits per heavy atom. The number of hydrogen-bond acceptors (Lipinski definition) is 3. The van der Waals surface area contributed by atoms with Gasteiger partial charge < -0.3 is 14.7 Å². The topological polar surface area (TPSA) is 49.8 Å². The summed E-state index contributed by atoms with van der Waals surface area (Å²) < 4.78 is 6.60. The van der Waals surface area contributed by atoms with Crippen LogP contribution in [0, 0.1) is 5.92 Å². The summed E-state index contributed by atoms with van der Waals surface area (Å²) in [5.74, 6) is 0.669. The number of aliphatic hydroxyl groups is 1. The van der Waals surface area contributed by atoms with E-state index in [0.717, 1.165) is 62.5 Å². The number of ether oxygens (including phenoxy) is 1. The molecule has 29 heavy (non-hydrogen) atoms. The fourth-order valence-corrected chi connectivity index (χ4v) is 5.33. The molecule has 1 heterocycles. The molecule has 1 aromatic carbocycles. The van der Waals surface area contributed by atoms with Crippen molar-refractivity contribution in [1.82, 2.24) is 4.90 Å². The van der Waals surface area contributed by atoms with Gasteiger partial charge in [0.05, 0.1) is 5.60 Å². The minimum Gasteiger partial charge on any atom is -0.444 e. The molecule has 1 aliphatic carbocycles. The number of hydrogen-bond donors (Lipinski definition) is 1. The molecule has 162 valence electrons. The van der Waals surface area contributed by atoms with Crippen molar-refractivity contribution in [2.75, 3.05) is 13.1 Å². The van der Waals surface area contributed by atoms with Gasteiger partial charge in [0, 0.05) is 23.5 Å². The molecule has 4 nitrogen and oxygen atoms in total. The molecule has 2 aliphatic rings. The smallest absolute Gasteiger partial charge is 0.410 e. The van der Waals surface area contributed by atoms with E-state index < -0.39 is 11.2 Å². The van der Waals surface area contributed by atoms with E-state index in [-0.39, 0.29) is 12.0 Å². The number of benzene rings is 1. The number of amides is 1. The molecule has 0 spiro atoms. The van der Waals surface area contributed by atoms with Crippen molar-refractivity contribution in [3.05, 3.63) is 34.3 Å². The molecule has 1 saturated carbocycles. The lowest BCUT2D eigenvalue weighted by molar-refractivity contribution is -0.0316.